The van der Waals surface area contributed by atoms with Crippen LogP contribution < -0.4 is 0 Å². The summed E-state index contributed by atoms with van der Waals surface area (Å²) >= 11 is 0. The van der Waals surface area contributed by atoms with Gasteiger partial charge in [0.15, 0.2) is 9.84 Å². The Morgan fingerprint density at radius 1 is 0.714 bits per heavy atom. The van der Waals surface area contributed by atoms with Gasteiger partial charge in [-0.25, -0.2) is 8.42 Å². The van der Waals surface area contributed by atoms with E-state index in [1.165, 1.54) is 11.1 Å². The molecular weight excluding hydrogens is 280 g/mol. The van der Waals surface area contributed by atoms with Gasteiger partial charge in [0.05, 0.1) is 11.5 Å². The first kappa shape index (κ1) is 14.3. The molecule has 3 heteroatoms. The number of rotatable bonds is 4. The van der Waals surface area contributed by atoms with Gasteiger partial charge in [-0.1, -0.05) is 60.7 Å². The number of hydrogen-bond donors (Lipinski definition) is 0. The van der Waals surface area contributed by atoms with Crippen LogP contribution in [-0.2, 0) is 22.7 Å². The zero-order chi connectivity index (χ0) is 14.7. The first-order valence-electron chi connectivity index (χ1n) is 7.41. The fraction of sp³-hybridized carbons (Fsp3) is 0.333. The van der Waals surface area contributed by atoms with Crippen molar-refractivity contribution in [1.29, 1.82) is 0 Å². The normalized spacial score (nSPS) is 24.0. The van der Waals surface area contributed by atoms with Crippen LogP contribution in [0.2, 0.25) is 0 Å². The van der Waals surface area contributed by atoms with E-state index in [2.05, 4.69) is 24.3 Å². The van der Waals surface area contributed by atoms with Crippen molar-refractivity contribution in [2.45, 2.75) is 12.8 Å². The lowest BCUT2D eigenvalue weighted by molar-refractivity contribution is 0.415. The molecule has 1 fully saturated rings. The van der Waals surface area contributed by atoms with Crippen molar-refractivity contribution in [3.05, 3.63) is 71.8 Å². The Labute approximate surface area is 126 Å². The highest BCUT2D eigenvalue weighted by Crippen LogP contribution is 2.31. The van der Waals surface area contributed by atoms with Gasteiger partial charge >= 0.3 is 0 Å². The molecule has 0 spiro atoms. The third-order valence-corrected chi connectivity index (χ3v) is 6.16. The maximum atomic E-state index is 12.0. The maximum absolute atomic E-state index is 12.0. The van der Waals surface area contributed by atoms with Crippen molar-refractivity contribution >= 4 is 9.84 Å². The van der Waals surface area contributed by atoms with Crippen LogP contribution >= 0.6 is 0 Å². The molecule has 1 saturated heterocycles. The van der Waals surface area contributed by atoms with E-state index in [0.717, 1.165) is 12.8 Å². The first-order valence-corrected chi connectivity index (χ1v) is 9.23. The summed E-state index contributed by atoms with van der Waals surface area (Å²) in [7, 11) is -2.88. The van der Waals surface area contributed by atoms with Gasteiger partial charge in [0.2, 0.25) is 0 Å². The van der Waals surface area contributed by atoms with E-state index in [0.29, 0.717) is 11.5 Å². The Morgan fingerprint density at radius 3 is 1.48 bits per heavy atom. The SMILES string of the molecule is O=S1(=O)CC(Cc2ccccc2)C(Cc2ccccc2)C1. The molecule has 2 atom stereocenters. The average molecular weight is 300 g/mol. The second kappa shape index (κ2) is 6.02. The van der Waals surface area contributed by atoms with Gasteiger partial charge in [0.1, 0.15) is 0 Å². The van der Waals surface area contributed by atoms with Gasteiger partial charge in [0, 0.05) is 0 Å². The molecule has 1 heterocycles. The fourth-order valence-corrected chi connectivity index (χ4v) is 5.50. The summed E-state index contributed by atoms with van der Waals surface area (Å²) in [6.07, 6.45) is 1.72. The maximum Gasteiger partial charge on any atom is 0.150 e. The van der Waals surface area contributed by atoms with Crippen LogP contribution in [0.3, 0.4) is 0 Å². The number of hydrogen-bond acceptors (Lipinski definition) is 2. The van der Waals surface area contributed by atoms with Gasteiger partial charge in [0.25, 0.3) is 0 Å². The van der Waals surface area contributed by atoms with Crippen molar-refractivity contribution in [2.75, 3.05) is 11.5 Å². The Bertz CT molecular complexity index is 622. The highest BCUT2D eigenvalue weighted by atomic mass is 32.2. The molecule has 21 heavy (non-hydrogen) atoms. The predicted octanol–water partition coefficient (Wildman–Crippen LogP) is 3.13. The van der Waals surface area contributed by atoms with Crippen molar-refractivity contribution in [3.8, 4) is 0 Å². The first-order chi connectivity index (χ1) is 10.1. The lowest BCUT2D eigenvalue weighted by Crippen LogP contribution is -2.17. The van der Waals surface area contributed by atoms with E-state index in [1.54, 1.807) is 0 Å². The Morgan fingerprint density at radius 2 is 1.10 bits per heavy atom. The van der Waals surface area contributed by atoms with E-state index in [1.807, 2.05) is 36.4 Å². The lowest BCUT2D eigenvalue weighted by atomic mass is 9.85. The molecule has 3 rings (SSSR count). The minimum atomic E-state index is -2.88. The largest absolute Gasteiger partial charge is 0.229 e. The van der Waals surface area contributed by atoms with Crippen LogP contribution in [0.25, 0.3) is 0 Å². The number of benzene rings is 2. The molecule has 2 nitrogen and oxygen atoms in total. The van der Waals surface area contributed by atoms with Gasteiger partial charge in [-0.2, -0.15) is 0 Å². The average Bonchev–Trinajstić information content (AvgIpc) is 2.75. The topological polar surface area (TPSA) is 34.1 Å². The van der Waals surface area contributed by atoms with Crippen LogP contribution in [0.1, 0.15) is 11.1 Å². The molecule has 110 valence electrons. The molecule has 0 saturated carbocycles. The van der Waals surface area contributed by atoms with Crippen LogP contribution in [0.15, 0.2) is 60.7 Å². The minimum Gasteiger partial charge on any atom is -0.229 e. The van der Waals surface area contributed by atoms with E-state index in [-0.39, 0.29) is 11.8 Å². The van der Waals surface area contributed by atoms with E-state index < -0.39 is 9.84 Å². The molecule has 0 aromatic heterocycles. The zero-order valence-corrected chi connectivity index (χ0v) is 12.8. The molecule has 0 aliphatic carbocycles. The van der Waals surface area contributed by atoms with Crippen LogP contribution in [-0.4, -0.2) is 19.9 Å². The minimum absolute atomic E-state index is 0.234. The third kappa shape index (κ3) is 3.73. The molecule has 0 bridgehead atoms. The van der Waals surface area contributed by atoms with Crippen molar-refractivity contribution in [2.24, 2.45) is 11.8 Å². The Hall–Kier alpha value is -1.61. The Balaban J connectivity index is 1.77. The molecule has 2 unspecified atom stereocenters. The molecule has 1 aliphatic heterocycles. The van der Waals surface area contributed by atoms with Gasteiger partial charge in [-0.15, -0.1) is 0 Å². The quantitative estimate of drug-likeness (QED) is 0.869. The molecule has 0 N–H and O–H groups in total. The van der Waals surface area contributed by atoms with Crippen LogP contribution in [0.4, 0.5) is 0 Å². The molecule has 2 aromatic rings. The summed E-state index contributed by atoms with van der Waals surface area (Å²) in [6.45, 7) is 0. The van der Waals surface area contributed by atoms with Gasteiger partial charge < -0.3 is 0 Å². The summed E-state index contributed by atoms with van der Waals surface area (Å²) in [4.78, 5) is 0. The van der Waals surface area contributed by atoms with Crippen molar-refractivity contribution in [1.82, 2.24) is 0 Å². The molecule has 1 aliphatic rings. The van der Waals surface area contributed by atoms with Gasteiger partial charge in [-0.05, 0) is 35.8 Å². The predicted molar refractivity (Wildman–Crippen MR) is 85.9 cm³/mol. The van der Waals surface area contributed by atoms with E-state index in [4.69, 9.17) is 0 Å². The van der Waals surface area contributed by atoms with Crippen LogP contribution in [0.5, 0.6) is 0 Å². The van der Waals surface area contributed by atoms with Crippen LogP contribution in [0, 0.1) is 11.8 Å². The van der Waals surface area contributed by atoms with E-state index >= 15 is 0 Å². The Kier molecular flexibility index (Phi) is 4.11. The third-order valence-electron chi connectivity index (χ3n) is 4.28. The fourth-order valence-electron chi connectivity index (χ4n) is 3.28. The van der Waals surface area contributed by atoms with Crippen molar-refractivity contribution < 1.29 is 8.42 Å². The molecular formula is C18H20O2S. The summed E-state index contributed by atoms with van der Waals surface area (Å²) in [6, 6.07) is 20.4. The highest BCUT2D eigenvalue weighted by molar-refractivity contribution is 7.91. The molecule has 0 amide bonds. The van der Waals surface area contributed by atoms with Crippen molar-refractivity contribution in [3.63, 3.8) is 0 Å². The van der Waals surface area contributed by atoms with Gasteiger partial charge in [-0.3, -0.25) is 0 Å². The van der Waals surface area contributed by atoms with E-state index in [9.17, 15) is 8.42 Å². The lowest BCUT2D eigenvalue weighted by Gasteiger charge is -2.18. The number of sulfone groups is 1. The zero-order valence-electron chi connectivity index (χ0n) is 12.0. The molecule has 0 radical (unpaired) electrons. The second-order valence-corrected chi connectivity index (χ2v) is 8.13. The summed E-state index contributed by atoms with van der Waals surface area (Å²) in [5.74, 6) is 1.13. The molecule has 2 aromatic carbocycles. The highest BCUT2D eigenvalue weighted by Gasteiger charge is 2.37. The summed E-state index contributed by atoms with van der Waals surface area (Å²) < 4.78 is 24.1. The second-order valence-electron chi connectivity index (χ2n) is 5.98. The monoisotopic (exact) mass is 300 g/mol. The smallest absolute Gasteiger partial charge is 0.150 e. The summed E-state index contributed by atoms with van der Waals surface area (Å²) in [5.41, 5.74) is 2.47. The summed E-state index contributed by atoms with van der Waals surface area (Å²) in [5, 5.41) is 0. The standard InChI is InChI=1S/C18H20O2S/c19-21(20)13-17(11-15-7-3-1-4-8-15)18(14-21)12-16-9-5-2-6-10-16/h1-10,17-18H,11-14H2.